The molecular weight excluding hydrogens is 727 g/mol. The van der Waals surface area contributed by atoms with Gasteiger partial charge in [-0.25, -0.2) is 0 Å². The molecule has 0 aliphatic rings. The Morgan fingerprint density at radius 3 is 1.78 bits per heavy atom. The van der Waals surface area contributed by atoms with Gasteiger partial charge in [-0.1, -0.05) is 140 Å². The van der Waals surface area contributed by atoms with Crippen LogP contribution in [0.4, 0.5) is 17.1 Å². The van der Waals surface area contributed by atoms with Crippen molar-refractivity contribution in [1.29, 1.82) is 0 Å². The number of anilines is 3. The number of thiophene rings is 1. The summed E-state index contributed by atoms with van der Waals surface area (Å²) in [5.74, 6) is 0. The molecule has 12 aromatic rings. The van der Waals surface area contributed by atoms with Gasteiger partial charge in [-0.3, -0.25) is 0 Å². The predicted octanol–water partition coefficient (Wildman–Crippen LogP) is 16.3. The lowest BCUT2D eigenvalue weighted by Crippen LogP contribution is -2.12. The molecule has 0 spiro atoms. The number of nitrogens with zero attached hydrogens (tertiary/aromatic N) is 1. The zero-order valence-electron chi connectivity index (χ0n) is 31.2. The van der Waals surface area contributed by atoms with Gasteiger partial charge in [0.2, 0.25) is 0 Å². The van der Waals surface area contributed by atoms with Gasteiger partial charge in [0.25, 0.3) is 0 Å². The third-order valence-corrected chi connectivity index (χ3v) is 12.6. The average molecular weight is 760 g/mol. The maximum atomic E-state index is 7.09. The van der Waals surface area contributed by atoms with Gasteiger partial charge in [0.1, 0.15) is 22.3 Å². The van der Waals surface area contributed by atoms with E-state index in [1.165, 1.54) is 20.2 Å². The van der Waals surface area contributed by atoms with Crippen LogP contribution in [0, 0.1) is 0 Å². The molecule has 9 aromatic carbocycles. The lowest BCUT2D eigenvalue weighted by atomic mass is 9.95. The minimum Gasteiger partial charge on any atom is -0.456 e. The summed E-state index contributed by atoms with van der Waals surface area (Å²) < 4.78 is 16.2. The Morgan fingerprint density at radius 1 is 0.362 bits per heavy atom. The van der Waals surface area contributed by atoms with Crippen LogP contribution in [0.15, 0.2) is 209 Å². The SMILES string of the molecule is c1ccc(-c2ccc3c(c2)oc2c(-c4ccccc4)ccc(N(c4ccc5c(c4)oc4ccccc45)c4c(-c5ccccc5)ccc5sc6ccccc6c45)c23)cc1. The molecule has 0 saturated heterocycles. The summed E-state index contributed by atoms with van der Waals surface area (Å²) in [7, 11) is 0. The van der Waals surface area contributed by atoms with Gasteiger partial charge in [0.05, 0.1) is 16.8 Å². The first-order valence-electron chi connectivity index (χ1n) is 19.6. The van der Waals surface area contributed by atoms with E-state index in [0.717, 1.165) is 94.3 Å². The van der Waals surface area contributed by atoms with Crippen molar-refractivity contribution in [3.63, 3.8) is 0 Å². The van der Waals surface area contributed by atoms with Gasteiger partial charge in [0, 0.05) is 59.2 Å². The molecule has 58 heavy (non-hydrogen) atoms. The molecule has 0 aliphatic carbocycles. The average Bonchev–Trinajstić information content (AvgIpc) is 3.99. The molecule has 0 saturated carbocycles. The highest BCUT2D eigenvalue weighted by molar-refractivity contribution is 7.26. The Bertz CT molecular complexity index is 3510. The summed E-state index contributed by atoms with van der Waals surface area (Å²) in [4.78, 5) is 2.47. The van der Waals surface area contributed by atoms with E-state index in [0.29, 0.717) is 0 Å². The highest BCUT2D eigenvalue weighted by Gasteiger charge is 2.28. The van der Waals surface area contributed by atoms with Gasteiger partial charge in [0.15, 0.2) is 0 Å². The third-order valence-electron chi connectivity index (χ3n) is 11.5. The van der Waals surface area contributed by atoms with Crippen LogP contribution in [0.1, 0.15) is 0 Å². The highest BCUT2D eigenvalue weighted by Crippen LogP contribution is 2.53. The maximum Gasteiger partial charge on any atom is 0.145 e. The van der Waals surface area contributed by atoms with Crippen LogP contribution in [0.2, 0.25) is 0 Å². The summed E-state index contributed by atoms with van der Waals surface area (Å²) in [6, 6.07) is 71.4. The second-order valence-electron chi connectivity index (χ2n) is 14.8. The number of benzene rings is 9. The number of fused-ring (bicyclic) bond motifs is 9. The molecule has 0 unspecified atom stereocenters. The Labute approximate surface area is 338 Å². The second-order valence-corrected chi connectivity index (χ2v) is 15.9. The number of rotatable bonds is 6. The van der Waals surface area contributed by atoms with Crippen molar-refractivity contribution in [1.82, 2.24) is 0 Å². The first kappa shape index (κ1) is 32.8. The van der Waals surface area contributed by atoms with Crippen molar-refractivity contribution in [3.05, 3.63) is 200 Å². The minimum absolute atomic E-state index is 0.842. The number of hydrogen-bond acceptors (Lipinski definition) is 4. The van der Waals surface area contributed by atoms with E-state index in [1.54, 1.807) is 0 Å². The predicted molar refractivity (Wildman–Crippen MR) is 245 cm³/mol. The molecule has 12 rings (SSSR count). The Balaban J connectivity index is 1.23. The molecule has 4 heteroatoms. The third kappa shape index (κ3) is 5.12. The number of hydrogen-bond donors (Lipinski definition) is 0. The van der Waals surface area contributed by atoms with Gasteiger partial charge in [-0.05, 0) is 76.9 Å². The lowest BCUT2D eigenvalue weighted by Gasteiger charge is -2.30. The largest absolute Gasteiger partial charge is 0.456 e. The number of para-hydroxylation sites is 1. The zero-order valence-corrected chi connectivity index (χ0v) is 32.0. The standard InChI is InChI=1S/C54H33NO2S/c1-4-14-34(15-5-1)37-24-26-43-47(32-37)57-54-40(36-18-8-3-9-19-36)28-30-45(51(43)54)55(38-25-27-42-41-20-10-12-22-46(41)56-48(42)33-38)53-39(35-16-6-2-7-17-35)29-31-50-52(53)44-21-11-13-23-49(44)58-50/h1-33H. The van der Waals surface area contributed by atoms with E-state index in [2.05, 4.69) is 193 Å². The smallest absolute Gasteiger partial charge is 0.145 e. The Morgan fingerprint density at radius 2 is 0.983 bits per heavy atom. The summed E-state index contributed by atoms with van der Waals surface area (Å²) in [6.07, 6.45) is 0. The van der Waals surface area contributed by atoms with E-state index < -0.39 is 0 Å². The molecule has 3 heterocycles. The molecule has 0 fully saturated rings. The maximum absolute atomic E-state index is 7.09. The molecule has 0 atom stereocenters. The van der Waals surface area contributed by atoms with E-state index in [1.807, 2.05) is 23.5 Å². The van der Waals surface area contributed by atoms with Crippen molar-refractivity contribution >= 4 is 92.4 Å². The number of furan rings is 2. The van der Waals surface area contributed by atoms with Gasteiger partial charge in [-0.2, -0.15) is 0 Å². The minimum atomic E-state index is 0.842. The summed E-state index contributed by atoms with van der Waals surface area (Å²) in [5.41, 5.74) is 13.2. The molecule has 3 aromatic heterocycles. The topological polar surface area (TPSA) is 29.5 Å². The summed E-state index contributed by atoms with van der Waals surface area (Å²) >= 11 is 1.84. The van der Waals surface area contributed by atoms with Crippen molar-refractivity contribution in [2.75, 3.05) is 4.90 Å². The fraction of sp³-hybridized carbons (Fsp3) is 0. The molecule has 0 aliphatic heterocycles. The highest BCUT2D eigenvalue weighted by atomic mass is 32.1. The van der Waals surface area contributed by atoms with E-state index in [9.17, 15) is 0 Å². The Hall–Kier alpha value is -7.40. The Kier molecular flexibility index (Phi) is 7.40. The molecular formula is C54H33NO2S. The fourth-order valence-corrected chi connectivity index (χ4v) is 9.94. The first-order valence-corrected chi connectivity index (χ1v) is 20.4. The van der Waals surface area contributed by atoms with E-state index in [4.69, 9.17) is 8.83 Å². The molecule has 0 N–H and O–H groups in total. The lowest BCUT2D eigenvalue weighted by molar-refractivity contribution is 0.669. The van der Waals surface area contributed by atoms with Crippen molar-refractivity contribution in [3.8, 4) is 33.4 Å². The van der Waals surface area contributed by atoms with E-state index in [-0.39, 0.29) is 0 Å². The van der Waals surface area contributed by atoms with Gasteiger partial charge < -0.3 is 13.7 Å². The summed E-state index contributed by atoms with van der Waals surface area (Å²) in [6.45, 7) is 0. The van der Waals surface area contributed by atoms with Gasteiger partial charge in [-0.15, -0.1) is 11.3 Å². The molecule has 0 bridgehead atoms. The molecule has 272 valence electrons. The molecule has 0 radical (unpaired) electrons. The van der Waals surface area contributed by atoms with Crippen LogP contribution in [0.25, 0.3) is 97.4 Å². The van der Waals surface area contributed by atoms with Crippen molar-refractivity contribution < 1.29 is 8.83 Å². The van der Waals surface area contributed by atoms with Crippen molar-refractivity contribution in [2.24, 2.45) is 0 Å². The first-order chi connectivity index (χ1) is 28.8. The normalized spacial score (nSPS) is 11.8. The summed E-state index contributed by atoms with van der Waals surface area (Å²) in [5, 5.41) is 6.75. The van der Waals surface area contributed by atoms with Gasteiger partial charge >= 0.3 is 0 Å². The van der Waals surface area contributed by atoms with Crippen LogP contribution in [-0.4, -0.2) is 0 Å². The molecule has 3 nitrogen and oxygen atoms in total. The van der Waals surface area contributed by atoms with Crippen LogP contribution < -0.4 is 4.90 Å². The molecule has 0 amide bonds. The zero-order chi connectivity index (χ0) is 38.2. The quantitative estimate of drug-likeness (QED) is 0.169. The van der Waals surface area contributed by atoms with Crippen LogP contribution >= 0.6 is 11.3 Å². The van der Waals surface area contributed by atoms with Crippen LogP contribution in [0.3, 0.4) is 0 Å². The van der Waals surface area contributed by atoms with Crippen LogP contribution in [-0.2, 0) is 0 Å². The fourth-order valence-electron chi connectivity index (χ4n) is 8.83. The van der Waals surface area contributed by atoms with E-state index >= 15 is 0 Å². The van der Waals surface area contributed by atoms with Crippen molar-refractivity contribution in [2.45, 2.75) is 0 Å². The van der Waals surface area contributed by atoms with Crippen LogP contribution in [0.5, 0.6) is 0 Å². The second kappa shape index (κ2) is 13.1. The monoisotopic (exact) mass is 759 g/mol.